The van der Waals surface area contributed by atoms with Gasteiger partial charge in [-0.15, -0.1) is 0 Å². The number of nitrogens with zero attached hydrogens (tertiary/aromatic N) is 2. The quantitative estimate of drug-likeness (QED) is 0.836. The van der Waals surface area contributed by atoms with Crippen molar-refractivity contribution in [2.75, 3.05) is 32.7 Å². The van der Waals surface area contributed by atoms with Crippen LogP contribution in [0.15, 0.2) is 0 Å². The second-order valence-corrected chi connectivity index (χ2v) is 8.29. The molecule has 0 aromatic carbocycles. The summed E-state index contributed by atoms with van der Waals surface area (Å²) < 4.78 is 0. The molecule has 0 aliphatic carbocycles. The Bertz CT molecular complexity index is 328. The Morgan fingerprint density at radius 2 is 1.80 bits per heavy atom. The highest BCUT2D eigenvalue weighted by Crippen LogP contribution is 2.34. The zero-order valence-electron chi connectivity index (χ0n) is 13.9. The zero-order chi connectivity index (χ0) is 14.3. The molecule has 4 aliphatic heterocycles. The largest absolute Gasteiger partial charge is 0.311 e. The summed E-state index contributed by atoms with van der Waals surface area (Å²) in [4.78, 5) is 5.59. The molecule has 3 atom stereocenters. The van der Waals surface area contributed by atoms with E-state index in [2.05, 4.69) is 42.8 Å². The van der Waals surface area contributed by atoms with Crippen molar-refractivity contribution >= 4 is 0 Å². The normalized spacial score (nSPS) is 42.9. The number of hydrogen-bond acceptors (Lipinski definition) is 3. The summed E-state index contributed by atoms with van der Waals surface area (Å²) in [6, 6.07) is 2.22. The Labute approximate surface area is 125 Å². The lowest BCUT2D eigenvalue weighted by Crippen LogP contribution is -2.67. The molecule has 0 spiro atoms. The van der Waals surface area contributed by atoms with E-state index >= 15 is 0 Å². The average molecular weight is 279 g/mol. The van der Waals surface area contributed by atoms with Crippen molar-refractivity contribution in [3.05, 3.63) is 0 Å². The van der Waals surface area contributed by atoms with Crippen LogP contribution in [0, 0.1) is 11.3 Å². The molecular weight excluding hydrogens is 246 g/mol. The van der Waals surface area contributed by atoms with Crippen molar-refractivity contribution in [2.45, 2.75) is 65.1 Å². The molecule has 4 heterocycles. The molecule has 4 aliphatic rings. The van der Waals surface area contributed by atoms with Crippen LogP contribution >= 0.6 is 0 Å². The van der Waals surface area contributed by atoms with E-state index in [0.717, 1.165) is 18.0 Å². The smallest absolute Gasteiger partial charge is 0.0256 e. The Morgan fingerprint density at radius 3 is 2.30 bits per heavy atom. The van der Waals surface area contributed by atoms with E-state index in [-0.39, 0.29) is 0 Å². The van der Waals surface area contributed by atoms with E-state index in [1.54, 1.807) is 0 Å². The van der Waals surface area contributed by atoms with Crippen LogP contribution in [0.5, 0.6) is 0 Å². The molecule has 0 amide bonds. The summed E-state index contributed by atoms with van der Waals surface area (Å²) in [6.07, 6.45) is 4.16. The van der Waals surface area contributed by atoms with Gasteiger partial charge < -0.3 is 10.2 Å². The fourth-order valence-electron chi connectivity index (χ4n) is 4.49. The number of fused-ring (bicyclic) bond motifs is 3. The highest BCUT2D eigenvalue weighted by molar-refractivity contribution is 4.99. The topological polar surface area (TPSA) is 18.5 Å². The van der Waals surface area contributed by atoms with Gasteiger partial charge >= 0.3 is 0 Å². The molecule has 1 N–H and O–H groups in total. The Balaban J connectivity index is 1.74. The fourth-order valence-corrected chi connectivity index (χ4v) is 4.49. The first kappa shape index (κ1) is 14.8. The van der Waals surface area contributed by atoms with Gasteiger partial charge in [0.1, 0.15) is 0 Å². The van der Waals surface area contributed by atoms with Gasteiger partial charge in [0.05, 0.1) is 0 Å². The predicted molar refractivity (Wildman–Crippen MR) is 85.0 cm³/mol. The second kappa shape index (κ2) is 5.58. The number of hydrogen-bond donors (Lipinski definition) is 1. The fraction of sp³-hybridized carbons (Fsp3) is 1.00. The summed E-state index contributed by atoms with van der Waals surface area (Å²) in [5.74, 6) is 0.966. The van der Waals surface area contributed by atoms with E-state index < -0.39 is 0 Å². The summed E-state index contributed by atoms with van der Waals surface area (Å²) >= 11 is 0. The second-order valence-electron chi connectivity index (χ2n) is 8.29. The molecule has 3 heteroatoms. The lowest BCUT2D eigenvalue weighted by atomic mass is 9.79. The van der Waals surface area contributed by atoms with Crippen LogP contribution < -0.4 is 5.32 Å². The van der Waals surface area contributed by atoms with Crippen LogP contribution in [0.25, 0.3) is 0 Å². The van der Waals surface area contributed by atoms with Crippen LogP contribution in [0.4, 0.5) is 0 Å². The van der Waals surface area contributed by atoms with Crippen molar-refractivity contribution in [3.8, 4) is 0 Å². The maximum Gasteiger partial charge on any atom is 0.0256 e. The molecule has 4 saturated heterocycles. The minimum absolute atomic E-state index is 0.366. The van der Waals surface area contributed by atoms with Crippen LogP contribution in [-0.2, 0) is 0 Å². The van der Waals surface area contributed by atoms with Gasteiger partial charge in [-0.25, -0.2) is 0 Å². The Morgan fingerprint density at radius 1 is 1.10 bits per heavy atom. The number of piperazine rings is 1. The van der Waals surface area contributed by atoms with Gasteiger partial charge in [0, 0.05) is 37.8 Å². The van der Waals surface area contributed by atoms with Gasteiger partial charge in [0.25, 0.3) is 0 Å². The number of nitrogens with one attached hydrogen (secondary N) is 1. The minimum atomic E-state index is 0.366. The van der Waals surface area contributed by atoms with Crippen molar-refractivity contribution in [3.63, 3.8) is 0 Å². The molecular formula is C17H33N3. The Kier molecular flexibility index (Phi) is 4.13. The van der Waals surface area contributed by atoms with Gasteiger partial charge in [-0.2, -0.15) is 0 Å². The third kappa shape index (κ3) is 2.77. The first-order chi connectivity index (χ1) is 9.49. The van der Waals surface area contributed by atoms with Gasteiger partial charge in [-0.3, -0.25) is 4.90 Å². The summed E-state index contributed by atoms with van der Waals surface area (Å²) in [5, 5.41) is 3.82. The number of rotatable bonds is 2. The van der Waals surface area contributed by atoms with Crippen LogP contribution in [0.3, 0.4) is 0 Å². The molecule has 0 aromatic rings. The van der Waals surface area contributed by atoms with E-state index in [1.165, 1.54) is 52.0 Å². The number of piperidine rings is 3. The lowest BCUT2D eigenvalue weighted by molar-refractivity contribution is -0.0403. The molecule has 4 rings (SSSR count). The minimum Gasteiger partial charge on any atom is -0.311 e. The van der Waals surface area contributed by atoms with E-state index in [9.17, 15) is 0 Å². The van der Waals surface area contributed by atoms with Crippen LogP contribution in [0.2, 0.25) is 0 Å². The van der Waals surface area contributed by atoms with E-state index in [0.29, 0.717) is 11.5 Å². The maximum atomic E-state index is 3.82. The predicted octanol–water partition coefficient (Wildman–Crippen LogP) is 2.18. The highest BCUT2D eigenvalue weighted by atomic mass is 15.3. The van der Waals surface area contributed by atoms with Crippen molar-refractivity contribution in [1.82, 2.24) is 15.1 Å². The van der Waals surface area contributed by atoms with Crippen LogP contribution in [0.1, 0.15) is 47.0 Å². The average Bonchev–Trinajstić information content (AvgIpc) is 2.46. The Hall–Kier alpha value is -0.120. The molecule has 116 valence electrons. The monoisotopic (exact) mass is 279 g/mol. The summed E-state index contributed by atoms with van der Waals surface area (Å²) in [7, 11) is 0. The van der Waals surface area contributed by atoms with Crippen molar-refractivity contribution < 1.29 is 0 Å². The van der Waals surface area contributed by atoms with Crippen molar-refractivity contribution in [2.24, 2.45) is 11.3 Å². The SMILES string of the molecule is CCC1CNC(C(C)(C)C)CN1C1CN2CCC1CC2. The van der Waals surface area contributed by atoms with E-state index in [1.807, 2.05) is 0 Å². The third-order valence-corrected chi connectivity index (χ3v) is 6.03. The summed E-state index contributed by atoms with van der Waals surface area (Å²) in [6.45, 7) is 16.0. The van der Waals surface area contributed by atoms with Gasteiger partial charge in [-0.05, 0) is 43.7 Å². The molecule has 2 bridgehead atoms. The molecule has 3 nitrogen and oxygen atoms in total. The zero-order valence-corrected chi connectivity index (χ0v) is 13.9. The van der Waals surface area contributed by atoms with Crippen molar-refractivity contribution in [1.29, 1.82) is 0 Å². The third-order valence-electron chi connectivity index (χ3n) is 6.03. The van der Waals surface area contributed by atoms with Gasteiger partial charge in [-0.1, -0.05) is 27.7 Å². The first-order valence-electron chi connectivity index (χ1n) is 8.70. The molecule has 0 aromatic heterocycles. The van der Waals surface area contributed by atoms with E-state index in [4.69, 9.17) is 0 Å². The maximum absolute atomic E-state index is 3.82. The molecule has 3 unspecified atom stereocenters. The molecule has 4 fully saturated rings. The highest BCUT2D eigenvalue weighted by Gasteiger charge is 2.43. The first-order valence-corrected chi connectivity index (χ1v) is 8.70. The van der Waals surface area contributed by atoms with Gasteiger partial charge in [0.2, 0.25) is 0 Å². The lowest BCUT2D eigenvalue weighted by Gasteiger charge is -2.54. The molecule has 0 radical (unpaired) electrons. The standard InChI is InChI=1S/C17H33N3/c1-5-14-10-18-16(17(2,3)4)12-20(14)15-11-19-8-6-13(15)7-9-19/h13-16,18H,5-12H2,1-4H3. The molecule has 0 saturated carbocycles. The van der Waals surface area contributed by atoms with Gasteiger partial charge in [0.15, 0.2) is 0 Å². The molecule has 20 heavy (non-hydrogen) atoms. The summed E-state index contributed by atoms with van der Waals surface area (Å²) in [5.41, 5.74) is 0.366. The van der Waals surface area contributed by atoms with Crippen LogP contribution in [-0.4, -0.2) is 60.6 Å².